The van der Waals surface area contributed by atoms with Crippen LogP contribution in [-0.4, -0.2) is 10.9 Å². The highest BCUT2D eigenvalue weighted by Gasteiger charge is 2.31. The molecule has 4 N–H and O–H groups in total. The number of carbonyl (C=O) groups is 1. The van der Waals surface area contributed by atoms with Crippen LogP contribution in [0.1, 0.15) is 11.1 Å². The third kappa shape index (κ3) is 2.88. The van der Waals surface area contributed by atoms with E-state index < -0.39 is 17.6 Å². The smallest absolute Gasteiger partial charge is 0.383 e. The minimum absolute atomic E-state index is 0.186. The third-order valence-corrected chi connectivity index (χ3v) is 1.57. The first kappa shape index (κ1) is 11.8. The van der Waals surface area contributed by atoms with Gasteiger partial charge in [0, 0.05) is 12.1 Å². The molecule has 0 aliphatic heterocycles. The lowest BCUT2D eigenvalue weighted by Gasteiger charge is -2.06. The van der Waals surface area contributed by atoms with E-state index >= 15 is 0 Å². The normalized spacial score (nSPS) is 10.4. The van der Waals surface area contributed by atoms with Crippen molar-refractivity contribution in [2.75, 3.05) is 5.73 Å². The first-order valence-corrected chi connectivity index (χ1v) is 3.95. The fourth-order valence-electron chi connectivity index (χ4n) is 0.859. The number of aromatic nitrogens is 1. The number of halogens is 3. The maximum Gasteiger partial charge on any atom is 0.417 e. The van der Waals surface area contributed by atoms with Crippen molar-refractivity contribution in [2.24, 2.45) is 5.73 Å². The fraction of sp³-hybridized carbons (Fsp3) is 0.111. The van der Waals surface area contributed by atoms with Gasteiger partial charge in [-0.2, -0.15) is 13.2 Å². The Morgan fingerprint density at radius 1 is 1.44 bits per heavy atom. The number of rotatable bonds is 0. The van der Waals surface area contributed by atoms with Gasteiger partial charge in [0.15, 0.2) is 0 Å². The van der Waals surface area contributed by atoms with Gasteiger partial charge in [0.1, 0.15) is 5.82 Å². The largest absolute Gasteiger partial charge is 0.417 e. The van der Waals surface area contributed by atoms with Crippen molar-refractivity contribution in [2.45, 2.75) is 6.18 Å². The molecule has 0 radical (unpaired) electrons. The zero-order chi connectivity index (χ0) is 12.3. The van der Waals surface area contributed by atoms with E-state index in [1.54, 1.807) is 0 Å². The molecule has 7 heteroatoms. The minimum Gasteiger partial charge on any atom is -0.383 e. The molecule has 0 saturated heterocycles. The molecule has 0 bridgehead atoms. The van der Waals surface area contributed by atoms with Crippen LogP contribution in [-0.2, 0) is 11.0 Å². The summed E-state index contributed by atoms with van der Waals surface area (Å²) in [4.78, 5) is 13.7. The second-order valence-corrected chi connectivity index (χ2v) is 2.77. The van der Waals surface area contributed by atoms with Gasteiger partial charge in [-0.1, -0.05) is 5.92 Å². The van der Waals surface area contributed by atoms with Crippen LogP contribution in [0.4, 0.5) is 19.0 Å². The van der Waals surface area contributed by atoms with Gasteiger partial charge in [-0.15, -0.1) is 0 Å². The molecule has 1 amide bonds. The molecule has 4 nitrogen and oxygen atoms in total. The molecular weight excluding hydrogens is 223 g/mol. The van der Waals surface area contributed by atoms with E-state index in [0.717, 1.165) is 0 Å². The molecule has 0 fully saturated rings. The lowest BCUT2D eigenvalue weighted by molar-refractivity contribution is -0.137. The molecule has 16 heavy (non-hydrogen) atoms. The Kier molecular flexibility index (Phi) is 3.04. The number of nitrogens with two attached hydrogens (primary N) is 2. The molecule has 1 rings (SSSR count). The van der Waals surface area contributed by atoms with Crippen LogP contribution in [0.15, 0.2) is 12.3 Å². The number of anilines is 1. The summed E-state index contributed by atoms with van der Waals surface area (Å²) in [6.07, 6.45) is -3.95. The Labute approximate surface area is 88.4 Å². The number of hydrogen-bond donors (Lipinski definition) is 2. The SMILES string of the molecule is NC(=O)C#Cc1cc(C(F)(F)F)cnc1N. The first-order valence-electron chi connectivity index (χ1n) is 3.95. The van der Waals surface area contributed by atoms with Gasteiger partial charge >= 0.3 is 6.18 Å². The molecule has 0 aliphatic carbocycles. The number of primary amides is 1. The summed E-state index contributed by atoms with van der Waals surface area (Å²) in [5, 5.41) is 0. The van der Waals surface area contributed by atoms with Gasteiger partial charge < -0.3 is 11.5 Å². The summed E-state index contributed by atoms with van der Waals surface area (Å²) >= 11 is 0. The van der Waals surface area contributed by atoms with Crippen molar-refractivity contribution in [1.82, 2.24) is 4.98 Å². The summed E-state index contributed by atoms with van der Waals surface area (Å²) in [6.45, 7) is 0. The van der Waals surface area contributed by atoms with Gasteiger partial charge in [-0.25, -0.2) is 4.98 Å². The van der Waals surface area contributed by atoms with Gasteiger partial charge in [0.05, 0.1) is 11.1 Å². The number of pyridine rings is 1. The van der Waals surface area contributed by atoms with E-state index in [4.69, 9.17) is 11.5 Å². The quantitative estimate of drug-likeness (QED) is 0.636. The second-order valence-electron chi connectivity index (χ2n) is 2.77. The highest BCUT2D eigenvalue weighted by atomic mass is 19.4. The molecule has 1 aromatic rings. The number of nitrogen functional groups attached to an aromatic ring is 1. The fourth-order valence-corrected chi connectivity index (χ4v) is 0.859. The van der Waals surface area contributed by atoms with Gasteiger partial charge in [-0.05, 0) is 6.07 Å². The van der Waals surface area contributed by atoms with Crippen LogP contribution in [0.5, 0.6) is 0 Å². The van der Waals surface area contributed by atoms with Crippen LogP contribution in [0.25, 0.3) is 0 Å². The van der Waals surface area contributed by atoms with Gasteiger partial charge in [0.2, 0.25) is 0 Å². The average molecular weight is 229 g/mol. The lowest BCUT2D eigenvalue weighted by atomic mass is 10.2. The summed E-state index contributed by atoms with van der Waals surface area (Å²) in [6, 6.07) is 0.707. The third-order valence-electron chi connectivity index (χ3n) is 1.57. The Morgan fingerprint density at radius 3 is 2.56 bits per heavy atom. The maximum atomic E-state index is 12.3. The Bertz CT molecular complexity index is 485. The Hall–Kier alpha value is -2.23. The van der Waals surface area contributed by atoms with E-state index in [-0.39, 0.29) is 11.4 Å². The van der Waals surface area contributed by atoms with Gasteiger partial charge in [0.25, 0.3) is 5.91 Å². The van der Waals surface area contributed by atoms with Crippen molar-refractivity contribution >= 4 is 11.7 Å². The number of amides is 1. The molecule has 0 unspecified atom stereocenters. The highest BCUT2D eigenvalue weighted by Crippen LogP contribution is 2.29. The van der Waals surface area contributed by atoms with E-state index in [1.807, 2.05) is 5.92 Å². The van der Waals surface area contributed by atoms with Crippen LogP contribution < -0.4 is 11.5 Å². The predicted octanol–water partition coefficient (Wildman–Crippen LogP) is 0.519. The average Bonchev–Trinajstić information content (AvgIpc) is 2.14. The molecular formula is C9H6F3N3O. The van der Waals surface area contributed by atoms with Crippen molar-refractivity contribution in [3.63, 3.8) is 0 Å². The minimum atomic E-state index is -4.54. The second kappa shape index (κ2) is 4.10. The van der Waals surface area contributed by atoms with Crippen molar-refractivity contribution in [1.29, 1.82) is 0 Å². The van der Waals surface area contributed by atoms with Crippen LogP contribution >= 0.6 is 0 Å². The van der Waals surface area contributed by atoms with E-state index in [0.29, 0.717) is 12.3 Å². The van der Waals surface area contributed by atoms with Crippen LogP contribution in [0.3, 0.4) is 0 Å². The summed E-state index contributed by atoms with van der Waals surface area (Å²) in [5.41, 5.74) is 8.83. The van der Waals surface area contributed by atoms with Crippen molar-refractivity contribution in [3.8, 4) is 11.8 Å². The highest BCUT2D eigenvalue weighted by molar-refractivity contribution is 5.92. The van der Waals surface area contributed by atoms with Crippen molar-refractivity contribution in [3.05, 3.63) is 23.4 Å². The molecule has 0 aliphatic rings. The summed E-state index contributed by atoms with van der Waals surface area (Å²) in [7, 11) is 0. The first-order chi connectivity index (χ1) is 7.30. The molecule has 1 aromatic heterocycles. The van der Waals surface area contributed by atoms with Crippen molar-refractivity contribution < 1.29 is 18.0 Å². The topological polar surface area (TPSA) is 82.0 Å². The number of nitrogens with zero attached hydrogens (tertiary/aromatic N) is 1. The molecule has 84 valence electrons. The standard InChI is InChI=1S/C9H6F3N3O/c10-9(11,12)6-3-5(1-2-7(13)16)8(14)15-4-6/h3-4H,(H2,13,16)(H2,14,15). The Morgan fingerprint density at radius 2 is 2.06 bits per heavy atom. The van der Waals surface area contributed by atoms with Gasteiger partial charge in [-0.3, -0.25) is 4.79 Å². The number of alkyl halides is 3. The van der Waals surface area contributed by atoms with E-state index in [9.17, 15) is 18.0 Å². The number of hydrogen-bond acceptors (Lipinski definition) is 3. The molecule has 1 heterocycles. The Balaban J connectivity index is 3.21. The zero-order valence-electron chi connectivity index (χ0n) is 7.80. The molecule has 0 saturated carbocycles. The molecule has 0 spiro atoms. The van der Waals surface area contributed by atoms with E-state index in [1.165, 1.54) is 0 Å². The molecule has 0 aromatic carbocycles. The monoisotopic (exact) mass is 229 g/mol. The number of carbonyl (C=O) groups excluding carboxylic acids is 1. The van der Waals surface area contributed by atoms with Crippen LogP contribution in [0, 0.1) is 11.8 Å². The maximum absolute atomic E-state index is 12.3. The zero-order valence-corrected chi connectivity index (χ0v) is 7.80. The predicted molar refractivity (Wildman–Crippen MR) is 49.7 cm³/mol. The summed E-state index contributed by atoms with van der Waals surface area (Å²) < 4.78 is 36.8. The van der Waals surface area contributed by atoms with Crippen LogP contribution in [0.2, 0.25) is 0 Å². The molecule has 0 atom stereocenters. The lowest BCUT2D eigenvalue weighted by Crippen LogP contribution is -2.08. The van der Waals surface area contributed by atoms with E-state index in [2.05, 4.69) is 10.9 Å². The summed E-state index contributed by atoms with van der Waals surface area (Å²) in [5.74, 6) is 2.84.